The SMILES string of the molecule is CN=C(NC1CN(C(C)C)CC1C)NC1C2CCOC2C12CCC2. The number of aliphatic imine (C=N–C) groups is 1. The Labute approximate surface area is 146 Å². The summed E-state index contributed by atoms with van der Waals surface area (Å²) in [4.78, 5) is 7.11. The molecule has 2 saturated carbocycles. The largest absolute Gasteiger partial charge is 0.377 e. The van der Waals surface area contributed by atoms with Crippen molar-refractivity contribution in [3.05, 3.63) is 0 Å². The molecule has 4 aliphatic rings. The highest BCUT2D eigenvalue weighted by Crippen LogP contribution is 2.62. The van der Waals surface area contributed by atoms with Gasteiger partial charge in [0.1, 0.15) is 0 Å². The van der Waals surface area contributed by atoms with E-state index in [0.717, 1.165) is 19.1 Å². The van der Waals surface area contributed by atoms with Crippen molar-refractivity contribution < 1.29 is 4.74 Å². The first kappa shape index (κ1) is 16.6. The molecule has 5 atom stereocenters. The minimum absolute atomic E-state index is 0.407. The molecule has 0 aromatic rings. The number of hydrogen-bond donors (Lipinski definition) is 2. The Morgan fingerprint density at radius 1 is 1.25 bits per heavy atom. The normalized spacial score (nSPS) is 41.2. The third-order valence-corrected chi connectivity index (χ3v) is 7.24. The molecule has 24 heavy (non-hydrogen) atoms. The van der Waals surface area contributed by atoms with Crippen molar-refractivity contribution >= 4 is 5.96 Å². The van der Waals surface area contributed by atoms with E-state index in [2.05, 4.69) is 41.3 Å². The van der Waals surface area contributed by atoms with Crippen LogP contribution in [-0.4, -0.2) is 61.8 Å². The standard InChI is InChI=1S/C19H34N4O/c1-12(2)23-10-13(3)15(11-23)21-18(20-4)22-16-14-6-9-24-17(14)19(16)7-5-8-19/h12-17H,5-11H2,1-4H3,(H2,20,21,22). The number of hydrogen-bond acceptors (Lipinski definition) is 3. The molecule has 0 amide bonds. The minimum atomic E-state index is 0.407. The molecule has 4 rings (SSSR count). The lowest BCUT2D eigenvalue weighted by Crippen LogP contribution is -2.72. The lowest BCUT2D eigenvalue weighted by atomic mass is 9.46. The third-order valence-electron chi connectivity index (χ3n) is 7.24. The topological polar surface area (TPSA) is 48.9 Å². The maximum Gasteiger partial charge on any atom is 0.191 e. The number of nitrogens with zero attached hydrogens (tertiary/aromatic N) is 2. The Hall–Kier alpha value is -0.810. The fraction of sp³-hybridized carbons (Fsp3) is 0.947. The van der Waals surface area contributed by atoms with Gasteiger partial charge in [-0.1, -0.05) is 13.3 Å². The van der Waals surface area contributed by atoms with E-state index in [1.807, 2.05) is 7.05 Å². The van der Waals surface area contributed by atoms with Crippen LogP contribution in [0.15, 0.2) is 4.99 Å². The van der Waals surface area contributed by atoms with Gasteiger partial charge in [-0.05, 0) is 39.0 Å². The van der Waals surface area contributed by atoms with Crippen LogP contribution in [0, 0.1) is 17.3 Å². The molecule has 2 heterocycles. The zero-order chi connectivity index (χ0) is 16.9. The third kappa shape index (κ3) is 2.47. The summed E-state index contributed by atoms with van der Waals surface area (Å²) in [5.74, 6) is 2.35. The molecule has 5 unspecified atom stereocenters. The first-order valence-corrected chi connectivity index (χ1v) is 9.90. The van der Waals surface area contributed by atoms with Gasteiger partial charge in [0.15, 0.2) is 5.96 Å². The summed E-state index contributed by atoms with van der Waals surface area (Å²) >= 11 is 0. The van der Waals surface area contributed by atoms with E-state index < -0.39 is 0 Å². The van der Waals surface area contributed by atoms with Crippen LogP contribution in [0.1, 0.15) is 46.5 Å². The van der Waals surface area contributed by atoms with Crippen LogP contribution in [-0.2, 0) is 4.74 Å². The fourth-order valence-electron chi connectivity index (χ4n) is 5.56. The zero-order valence-corrected chi connectivity index (χ0v) is 15.7. The van der Waals surface area contributed by atoms with Crippen LogP contribution in [0.3, 0.4) is 0 Å². The molecule has 2 aliphatic heterocycles. The molecule has 5 nitrogen and oxygen atoms in total. The average molecular weight is 335 g/mol. The predicted molar refractivity (Wildman–Crippen MR) is 97.2 cm³/mol. The molecule has 4 fully saturated rings. The van der Waals surface area contributed by atoms with Crippen molar-refractivity contribution in [2.75, 3.05) is 26.7 Å². The van der Waals surface area contributed by atoms with Crippen molar-refractivity contribution in [1.29, 1.82) is 0 Å². The summed E-state index contributed by atoms with van der Waals surface area (Å²) in [7, 11) is 1.91. The minimum Gasteiger partial charge on any atom is -0.377 e. The second-order valence-corrected chi connectivity index (χ2v) is 8.80. The molecule has 2 saturated heterocycles. The number of ether oxygens (including phenoxy) is 1. The summed E-state index contributed by atoms with van der Waals surface area (Å²) in [6.45, 7) is 10.2. The molecule has 0 bridgehead atoms. The highest BCUT2D eigenvalue weighted by molar-refractivity contribution is 5.80. The van der Waals surface area contributed by atoms with Gasteiger partial charge >= 0.3 is 0 Å². The number of guanidine groups is 1. The van der Waals surface area contributed by atoms with Crippen molar-refractivity contribution in [3.63, 3.8) is 0 Å². The van der Waals surface area contributed by atoms with E-state index in [9.17, 15) is 0 Å². The van der Waals surface area contributed by atoms with Crippen LogP contribution in [0.2, 0.25) is 0 Å². The first-order chi connectivity index (χ1) is 11.5. The number of fused-ring (bicyclic) bond motifs is 2. The molecular formula is C19H34N4O. The van der Waals surface area contributed by atoms with Crippen LogP contribution in [0.5, 0.6) is 0 Å². The van der Waals surface area contributed by atoms with Gasteiger partial charge in [-0.15, -0.1) is 0 Å². The Morgan fingerprint density at radius 2 is 2.04 bits per heavy atom. The molecule has 2 aliphatic carbocycles. The van der Waals surface area contributed by atoms with Crippen LogP contribution < -0.4 is 10.6 Å². The molecule has 0 aromatic heterocycles. The highest BCUT2D eigenvalue weighted by atomic mass is 16.5. The Balaban J connectivity index is 1.38. The van der Waals surface area contributed by atoms with Gasteiger partial charge < -0.3 is 15.4 Å². The quantitative estimate of drug-likeness (QED) is 0.611. The lowest BCUT2D eigenvalue weighted by molar-refractivity contribution is -0.171. The molecule has 136 valence electrons. The van der Waals surface area contributed by atoms with Gasteiger partial charge in [0.2, 0.25) is 0 Å². The highest BCUT2D eigenvalue weighted by Gasteiger charge is 2.66. The number of rotatable bonds is 3. The molecule has 0 radical (unpaired) electrons. The summed E-state index contributed by atoms with van der Waals surface area (Å²) < 4.78 is 6.04. The maximum atomic E-state index is 6.04. The lowest BCUT2D eigenvalue weighted by Gasteiger charge is -2.63. The average Bonchev–Trinajstić information content (AvgIpc) is 3.07. The Kier molecular flexibility index (Phi) is 4.28. The summed E-state index contributed by atoms with van der Waals surface area (Å²) in [6.07, 6.45) is 5.73. The van der Waals surface area contributed by atoms with Gasteiger partial charge in [-0.2, -0.15) is 0 Å². The smallest absolute Gasteiger partial charge is 0.191 e. The van der Waals surface area contributed by atoms with E-state index in [1.165, 1.54) is 32.2 Å². The van der Waals surface area contributed by atoms with Crippen molar-refractivity contribution in [3.8, 4) is 0 Å². The molecule has 1 spiro atoms. The number of nitrogens with one attached hydrogen (secondary N) is 2. The second-order valence-electron chi connectivity index (χ2n) is 8.80. The second kappa shape index (κ2) is 6.17. The van der Waals surface area contributed by atoms with E-state index in [-0.39, 0.29) is 0 Å². The van der Waals surface area contributed by atoms with Crippen molar-refractivity contribution in [2.45, 2.75) is 70.7 Å². The fourth-order valence-corrected chi connectivity index (χ4v) is 5.56. The maximum absolute atomic E-state index is 6.04. The van der Waals surface area contributed by atoms with Crippen LogP contribution in [0.25, 0.3) is 0 Å². The first-order valence-electron chi connectivity index (χ1n) is 9.90. The van der Waals surface area contributed by atoms with E-state index in [0.29, 0.717) is 41.5 Å². The summed E-state index contributed by atoms with van der Waals surface area (Å²) in [6, 6.07) is 1.67. The molecule has 5 heteroatoms. The van der Waals surface area contributed by atoms with Gasteiger partial charge in [-0.3, -0.25) is 9.89 Å². The van der Waals surface area contributed by atoms with Gasteiger partial charge in [0.05, 0.1) is 6.10 Å². The zero-order valence-electron chi connectivity index (χ0n) is 15.7. The monoisotopic (exact) mass is 334 g/mol. The Morgan fingerprint density at radius 3 is 2.62 bits per heavy atom. The molecule has 2 N–H and O–H groups in total. The van der Waals surface area contributed by atoms with Crippen LogP contribution in [0.4, 0.5) is 0 Å². The predicted octanol–water partition coefficient (Wildman–Crippen LogP) is 1.84. The van der Waals surface area contributed by atoms with E-state index in [4.69, 9.17) is 4.74 Å². The van der Waals surface area contributed by atoms with E-state index >= 15 is 0 Å². The summed E-state index contributed by atoms with van der Waals surface area (Å²) in [5.41, 5.74) is 0.407. The van der Waals surface area contributed by atoms with Gasteiger partial charge in [-0.25, -0.2) is 0 Å². The molecule has 0 aromatic carbocycles. The van der Waals surface area contributed by atoms with Gasteiger partial charge in [0, 0.05) is 56.2 Å². The van der Waals surface area contributed by atoms with Crippen molar-refractivity contribution in [2.24, 2.45) is 22.2 Å². The van der Waals surface area contributed by atoms with Crippen molar-refractivity contribution in [1.82, 2.24) is 15.5 Å². The summed E-state index contributed by atoms with van der Waals surface area (Å²) in [5, 5.41) is 7.52. The molecular weight excluding hydrogens is 300 g/mol. The Bertz CT molecular complexity index is 502. The van der Waals surface area contributed by atoms with E-state index in [1.54, 1.807) is 0 Å². The number of likely N-dealkylation sites (tertiary alicyclic amines) is 1. The van der Waals surface area contributed by atoms with Gasteiger partial charge in [0.25, 0.3) is 0 Å². The van der Waals surface area contributed by atoms with Crippen LogP contribution >= 0.6 is 0 Å².